The van der Waals surface area contributed by atoms with Gasteiger partial charge in [0.2, 0.25) is 5.82 Å². The molecule has 0 aliphatic carbocycles. The van der Waals surface area contributed by atoms with Crippen LogP contribution in [0, 0.1) is 17.5 Å². The molecule has 1 N–H and O–H groups in total. The maximum atomic E-state index is 14.0. The summed E-state index contributed by atoms with van der Waals surface area (Å²) in [5, 5.41) is 2.78. The van der Waals surface area contributed by atoms with Crippen molar-refractivity contribution in [2.24, 2.45) is 0 Å². The zero-order valence-electron chi connectivity index (χ0n) is 10.4. The van der Waals surface area contributed by atoms with Gasteiger partial charge in [0.05, 0.1) is 0 Å². The third kappa shape index (κ3) is 3.10. The van der Waals surface area contributed by atoms with E-state index in [1.54, 1.807) is 7.05 Å². The van der Waals surface area contributed by atoms with Crippen LogP contribution in [0.5, 0.6) is 11.6 Å². The lowest BCUT2D eigenvalue weighted by Crippen LogP contribution is -2.08. The fraction of sp³-hybridized carbons (Fsp3) is 0.154. The smallest absolute Gasteiger partial charge is 0.256 e. The highest BCUT2D eigenvalue weighted by atomic mass is 79.9. The summed E-state index contributed by atoms with van der Waals surface area (Å²) in [4.78, 5) is 3.69. The maximum Gasteiger partial charge on any atom is 0.256 e. The Morgan fingerprint density at radius 3 is 2.70 bits per heavy atom. The second-order valence-corrected chi connectivity index (χ2v) is 4.84. The molecule has 1 heterocycles. The molecular weight excluding hydrogens is 337 g/mol. The number of hydrogen-bond donors (Lipinski definition) is 1. The highest BCUT2D eigenvalue weighted by Gasteiger charge is 2.16. The van der Waals surface area contributed by atoms with E-state index in [1.807, 2.05) is 0 Å². The number of halogens is 4. The molecule has 7 heteroatoms. The Labute approximate surface area is 121 Å². The Kier molecular flexibility index (Phi) is 4.61. The highest BCUT2D eigenvalue weighted by Crippen LogP contribution is 2.30. The van der Waals surface area contributed by atoms with Crippen molar-refractivity contribution >= 4 is 15.9 Å². The molecule has 0 saturated carbocycles. The molecule has 3 nitrogen and oxygen atoms in total. The van der Waals surface area contributed by atoms with Crippen molar-refractivity contribution in [2.45, 2.75) is 6.54 Å². The molecule has 0 bridgehead atoms. The van der Waals surface area contributed by atoms with E-state index in [4.69, 9.17) is 4.74 Å². The van der Waals surface area contributed by atoms with E-state index in [2.05, 4.69) is 26.2 Å². The third-order valence-corrected chi connectivity index (χ3v) is 2.93. The first kappa shape index (κ1) is 14.8. The minimum Gasteiger partial charge on any atom is -0.433 e. The SMILES string of the molecule is CNCc1ccnc(Oc2cc(Br)cc(F)c2F)c1F. The van der Waals surface area contributed by atoms with Crippen LogP contribution in [0.3, 0.4) is 0 Å². The van der Waals surface area contributed by atoms with Crippen LogP contribution in [0.1, 0.15) is 5.56 Å². The molecular formula is C13H10BrF3N2O. The predicted octanol–water partition coefficient (Wildman–Crippen LogP) is 3.77. The van der Waals surface area contributed by atoms with Crippen molar-refractivity contribution in [2.75, 3.05) is 7.05 Å². The van der Waals surface area contributed by atoms with Gasteiger partial charge in [-0.15, -0.1) is 0 Å². The number of benzene rings is 1. The number of aromatic nitrogens is 1. The molecule has 1 aromatic heterocycles. The van der Waals surface area contributed by atoms with Gasteiger partial charge >= 0.3 is 0 Å². The van der Waals surface area contributed by atoms with E-state index in [0.717, 1.165) is 6.07 Å². The van der Waals surface area contributed by atoms with Gasteiger partial charge in [0.1, 0.15) is 0 Å². The first-order chi connectivity index (χ1) is 9.52. The van der Waals surface area contributed by atoms with Crippen LogP contribution in [0.15, 0.2) is 28.9 Å². The number of nitrogens with one attached hydrogen (secondary N) is 1. The monoisotopic (exact) mass is 346 g/mol. The van der Waals surface area contributed by atoms with Crippen molar-refractivity contribution in [3.63, 3.8) is 0 Å². The molecule has 0 fully saturated rings. The van der Waals surface area contributed by atoms with Gasteiger partial charge in [-0.25, -0.2) is 13.8 Å². The van der Waals surface area contributed by atoms with E-state index in [9.17, 15) is 13.2 Å². The van der Waals surface area contributed by atoms with Gasteiger partial charge in [-0.2, -0.15) is 4.39 Å². The fourth-order valence-corrected chi connectivity index (χ4v) is 1.98. The zero-order valence-corrected chi connectivity index (χ0v) is 12.0. The van der Waals surface area contributed by atoms with Gasteiger partial charge in [-0.3, -0.25) is 0 Å². The van der Waals surface area contributed by atoms with Gasteiger partial charge in [-0.1, -0.05) is 15.9 Å². The summed E-state index contributed by atoms with van der Waals surface area (Å²) in [6, 6.07) is 3.62. The molecule has 106 valence electrons. The first-order valence-corrected chi connectivity index (χ1v) is 6.42. The lowest BCUT2D eigenvalue weighted by Gasteiger charge is -2.10. The normalized spacial score (nSPS) is 10.7. The summed E-state index contributed by atoms with van der Waals surface area (Å²) in [6.07, 6.45) is 1.33. The van der Waals surface area contributed by atoms with E-state index in [0.29, 0.717) is 5.56 Å². The zero-order chi connectivity index (χ0) is 14.7. The van der Waals surface area contributed by atoms with E-state index in [1.165, 1.54) is 18.3 Å². The third-order valence-electron chi connectivity index (χ3n) is 2.47. The van der Waals surface area contributed by atoms with Crippen molar-refractivity contribution in [1.29, 1.82) is 0 Å². The van der Waals surface area contributed by atoms with Gasteiger partial charge in [0.25, 0.3) is 5.88 Å². The molecule has 2 aromatic rings. The minimum absolute atomic E-state index is 0.264. The highest BCUT2D eigenvalue weighted by molar-refractivity contribution is 9.10. The average molecular weight is 347 g/mol. The van der Waals surface area contributed by atoms with Crippen molar-refractivity contribution < 1.29 is 17.9 Å². The molecule has 2 rings (SSSR count). The Morgan fingerprint density at radius 1 is 1.25 bits per heavy atom. The van der Waals surface area contributed by atoms with Crippen LogP contribution in [0.4, 0.5) is 13.2 Å². The van der Waals surface area contributed by atoms with Gasteiger partial charge < -0.3 is 10.1 Å². The lowest BCUT2D eigenvalue weighted by atomic mass is 10.2. The van der Waals surface area contributed by atoms with Crippen LogP contribution >= 0.6 is 15.9 Å². The fourth-order valence-electron chi connectivity index (χ4n) is 1.57. The van der Waals surface area contributed by atoms with Crippen LogP contribution in [-0.4, -0.2) is 12.0 Å². The lowest BCUT2D eigenvalue weighted by molar-refractivity contribution is 0.381. The molecule has 1 aromatic carbocycles. The molecule has 0 saturated heterocycles. The number of pyridine rings is 1. The Morgan fingerprint density at radius 2 is 2.00 bits per heavy atom. The number of nitrogens with zero attached hydrogens (tertiary/aromatic N) is 1. The summed E-state index contributed by atoms with van der Waals surface area (Å²) in [5.74, 6) is -3.87. The van der Waals surface area contributed by atoms with Crippen LogP contribution in [0.2, 0.25) is 0 Å². The van der Waals surface area contributed by atoms with Crippen molar-refractivity contribution in [3.8, 4) is 11.6 Å². The minimum atomic E-state index is -1.20. The predicted molar refractivity (Wildman–Crippen MR) is 71.1 cm³/mol. The Balaban J connectivity index is 2.38. The summed E-state index contributed by atoms with van der Waals surface area (Å²) in [6.45, 7) is 0.264. The van der Waals surface area contributed by atoms with Crippen LogP contribution in [0.25, 0.3) is 0 Å². The van der Waals surface area contributed by atoms with Gasteiger partial charge in [-0.05, 0) is 25.2 Å². The number of rotatable bonds is 4. The summed E-state index contributed by atoms with van der Waals surface area (Å²) in [5.41, 5.74) is 0.313. The molecule has 20 heavy (non-hydrogen) atoms. The molecule has 0 aliphatic heterocycles. The van der Waals surface area contributed by atoms with Crippen molar-refractivity contribution in [1.82, 2.24) is 10.3 Å². The number of hydrogen-bond acceptors (Lipinski definition) is 3. The maximum absolute atomic E-state index is 14.0. The topological polar surface area (TPSA) is 34.2 Å². The second-order valence-electron chi connectivity index (χ2n) is 3.92. The van der Waals surface area contributed by atoms with E-state index >= 15 is 0 Å². The van der Waals surface area contributed by atoms with Crippen LogP contribution in [-0.2, 0) is 6.54 Å². The quantitative estimate of drug-likeness (QED) is 0.855. The molecule has 0 spiro atoms. The van der Waals surface area contributed by atoms with E-state index < -0.39 is 29.1 Å². The molecule has 0 atom stereocenters. The Hall–Kier alpha value is -1.60. The van der Waals surface area contributed by atoms with E-state index in [-0.39, 0.29) is 11.0 Å². The molecule has 0 radical (unpaired) electrons. The summed E-state index contributed by atoms with van der Waals surface area (Å²) in [7, 11) is 1.66. The standard InChI is InChI=1S/C13H10BrF3N2O/c1-18-6-7-2-3-19-13(11(7)16)20-10-5-8(14)4-9(15)12(10)17/h2-5,18H,6H2,1H3. The molecule has 0 aliphatic rings. The number of ether oxygens (including phenoxy) is 1. The summed E-state index contributed by atoms with van der Waals surface area (Å²) >= 11 is 3.01. The van der Waals surface area contributed by atoms with Gasteiger partial charge in [0, 0.05) is 22.8 Å². The largest absolute Gasteiger partial charge is 0.433 e. The average Bonchev–Trinajstić information content (AvgIpc) is 2.40. The Bertz CT molecular complexity index is 637. The van der Waals surface area contributed by atoms with Gasteiger partial charge in [0.15, 0.2) is 17.4 Å². The van der Waals surface area contributed by atoms with Crippen LogP contribution < -0.4 is 10.1 Å². The second kappa shape index (κ2) is 6.23. The molecule has 0 amide bonds. The molecule has 0 unspecified atom stereocenters. The van der Waals surface area contributed by atoms with Crippen molar-refractivity contribution in [3.05, 3.63) is 51.9 Å². The first-order valence-electron chi connectivity index (χ1n) is 5.63. The summed E-state index contributed by atoms with van der Waals surface area (Å²) < 4.78 is 46.1.